The Hall–Kier alpha value is -15.0. The van der Waals surface area contributed by atoms with Crippen molar-refractivity contribution in [3.05, 3.63) is 465 Å². The summed E-state index contributed by atoms with van der Waals surface area (Å²) in [6.07, 6.45) is 0. The summed E-state index contributed by atoms with van der Waals surface area (Å²) in [5.41, 5.74) is 49.2. The van der Waals surface area contributed by atoms with Gasteiger partial charge in [-0.25, -0.2) is 0 Å². The Balaban J connectivity index is 0.592. The maximum absolute atomic E-state index is 2.44. The van der Waals surface area contributed by atoms with E-state index >= 15 is 0 Å². The van der Waals surface area contributed by atoms with Gasteiger partial charge in [0.25, 0.3) is 0 Å². The van der Waals surface area contributed by atoms with Gasteiger partial charge in [-0.05, 0) is 382 Å². The van der Waals surface area contributed by atoms with Crippen LogP contribution in [0.2, 0.25) is 0 Å². The third-order valence-corrected chi connectivity index (χ3v) is 27.2. The van der Waals surface area contributed by atoms with Crippen molar-refractivity contribution >= 4 is 134 Å². The lowest BCUT2D eigenvalue weighted by atomic mass is 10.0. The zero-order chi connectivity index (χ0) is 90.6. The van der Waals surface area contributed by atoms with Crippen LogP contribution in [0, 0.1) is 111 Å². The van der Waals surface area contributed by atoms with Crippen LogP contribution in [0.4, 0.5) is 102 Å². The fraction of sp³-hybridized carbons (Fsp3) is 0.129. The molecule has 131 heavy (non-hydrogen) atoms. The van der Waals surface area contributed by atoms with E-state index < -0.39 is 0 Å². The van der Waals surface area contributed by atoms with E-state index in [0.29, 0.717) is 0 Å². The van der Waals surface area contributed by atoms with E-state index in [-0.39, 0.29) is 0 Å². The van der Waals surface area contributed by atoms with Crippen LogP contribution >= 0.6 is 11.3 Å². The van der Waals surface area contributed by atoms with Crippen LogP contribution < -0.4 is 29.4 Å². The van der Waals surface area contributed by atoms with Crippen molar-refractivity contribution in [2.45, 2.75) is 111 Å². The minimum absolute atomic E-state index is 1.08. The van der Waals surface area contributed by atoms with Crippen molar-refractivity contribution in [3.63, 3.8) is 0 Å². The minimum Gasteiger partial charge on any atom is -0.310 e. The van der Waals surface area contributed by atoms with Crippen LogP contribution in [0.1, 0.15) is 89.0 Å². The summed E-state index contributed by atoms with van der Waals surface area (Å²) < 4.78 is 2.49. The first-order valence-electron chi connectivity index (χ1n) is 45.6. The van der Waals surface area contributed by atoms with Gasteiger partial charge in [-0.1, -0.05) is 239 Å². The number of thiophene rings is 1. The van der Waals surface area contributed by atoms with Gasteiger partial charge in [0.05, 0.1) is 0 Å². The average Bonchev–Trinajstić information content (AvgIpc) is 1.59. The van der Waals surface area contributed by atoms with E-state index in [2.05, 4.69) is 516 Å². The van der Waals surface area contributed by atoms with Crippen molar-refractivity contribution in [3.8, 4) is 44.5 Å². The number of aryl methyl sites for hydroxylation is 16. The van der Waals surface area contributed by atoms with Gasteiger partial charge in [-0.15, -0.1) is 11.3 Å². The van der Waals surface area contributed by atoms with Gasteiger partial charge in [0.1, 0.15) is 0 Å². The van der Waals surface area contributed by atoms with E-state index in [1.54, 1.807) is 0 Å². The molecule has 0 spiro atoms. The molecule has 19 aromatic rings. The Morgan fingerprint density at radius 2 is 0.267 bits per heavy atom. The minimum atomic E-state index is 1.08. The van der Waals surface area contributed by atoms with Gasteiger partial charge >= 0.3 is 0 Å². The monoisotopic (exact) mass is 1710 g/mol. The summed E-state index contributed by atoms with van der Waals surface area (Å²) in [5, 5.41) is 2.44. The number of hydrogen-bond acceptors (Lipinski definition) is 7. The molecule has 7 heteroatoms. The molecule has 642 valence electrons. The maximum Gasteiger partial charge on any atom is 0.0491 e. The van der Waals surface area contributed by atoms with Gasteiger partial charge < -0.3 is 29.4 Å². The molecule has 0 saturated heterocycles. The van der Waals surface area contributed by atoms with Crippen molar-refractivity contribution in [2.24, 2.45) is 0 Å². The molecule has 0 aliphatic carbocycles. The average molecular weight is 1720 g/mol. The summed E-state index contributed by atoms with van der Waals surface area (Å²) in [7, 11) is 0. The van der Waals surface area contributed by atoms with E-state index in [9.17, 15) is 0 Å². The zero-order valence-electron chi connectivity index (χ0n) is 77.9. The molecular weight excluding hydrogens is 1610 g/mol. The number of anilines is 18. The molecule has 1 heterocycles. The van der Waals surface area contributed by atoms with E-state index in [1.807, 2.05) is 11.3 Å². The SMILES string of the molecule is Cc1ccc(N(c2ccc(-c3ccc(N(c4ccc5sc6ccc(N(c7ccc(-c8ccc(N(c9ccc(-c%10ccc(N(c%11ccc(C)cc%11C)c%11ccc(C)cc%11C)cc%10)cc9)c9ccc(C)cc9C)cc8)cc7)c7ccc(C)cc7C)cc6c5c4)c4ccc(C)cc4C)cc3)cc2)c2ccc(-c3ccc(N(c4ccc(C)cc4C)c4ccc(C)cc4C)cc3)cc2)c(C)c1. The molecule has 0 atom stereocenters. The number of fused-ring (bicyclic) bond motifs is 3. The second-order valence-electron chi connectivity index (χ2n) is 36.2. The smallest absolute Gasteiger partial charge is 0.0491 e. The van der Waals surface area contributed by atoms with Crippen LogP contribution in [0.3, 0.4) is 0 Å². The largest absolute Gasteiger partial charge is 0.310 e. The lowest BCUT2D eigenvalue weighted by Crippen LogP contribution is -2.13. The first kappa shape index (κ1) is 85.4. The summed E-state index contributed by atoms with van der Waals surface area (Å²) in [5.74, 6) is 0. The second kappa shape index (κ2) is 35.9. The summed E-state index contributed by atoms with van der Waals surface area (Å²) in [4.78, 5) is 14.5. The molecule has 0 aliphatic rings. The lowest BCUT2D eigenvalue weighted by molar-refractivity contribution is 1.21. The highest BCUT2D eigenvalue weighted by atomic mass is 32.1. The molecule has 0 unspecified atom stereocenters. The topological polar surface area (TPSA) is 19.4 Å². The first-order chi connectivity index (χ1) is 63.4. The highest BCUT2D eigenvalue weighted by Crippen LogP contribution is 2.50. The quantitative estimate of drug-likeness (QED) is 0.0669. The van der Waals surface area contributed by atoms with Crippen LogP contribution in [-0.2, 0) is 0 Å². The van der Waals surface area contributed by atoms with Crippen molar-refractivity contribution < 1.29 is 0 Å². The Kier molecular flexibility index (Phi) is 23.4. The molecular formula is C124H110N6S. The van der Waals surface area contributed by atoms with Crippen LogP contribution in [0.25, 0.3) is 64.7 Å². The Morgan fingerprint density at radius 1 is 0.130 bits per heavy atom. The Labute approximate surface area is 778 Å². The number of benzene rings is 18. The second-order valence-corrected chi connectivity index (χ2v) is 37.3. The number of nitrogens with zero attached hydrogens (tertiary/aromatic N) is 6. The fourth-order valence-electron chi connectivity index (χ4n) is 19.4. The summed E-state index contributed by atoms with van der Waals surface area (Å²) in [6.45, 7) is 35.1. The van der Waals surface area contributed by atoms with Crippen molar-refractivity contribution in [2.75, 3.05) is 29.4 Å². The maximum atomic E-state index is 2.44. The predicted octanol–water partition coefficient (Wildman–Crippen LogP) is 36.5. The van der Waals surface area contributed by atoms with E-state index in [0.717, 1.165) is 124 Å². The van der Waals surface area contributed by atoms with Gasteiger partial charge in [0, 0.05) is 123 Å². The molecule has 0 fully saturated rings. The first-order valence-corrected chi connectivity index (χ1v) is 46.5. The highest BCUT2D eigenvalue weighted by Gasteiger charge is 2.26. The molecule has 1 aromatic heterocycles. The lowest BCUT2D eigenvalue weighted by Gasteiger charge is -2.29. The normalized spacial score (nSPS) is 11.4. The van der Waals surface area contributed by atoms with Crippen LogP contribution in [0.15, 0.2) is 376 Å². The third-order valence-electron chi connectivity index (χ3n) is 26.0. The standard InChI is InChI=1S/C124H110N6S/c1-79-17-59-115(87(9)69-79)125(105-45-29-97(30-46-105)101-37-53-109(54-38-101)129(119-63-21-83(5)73-91(119)13)120-64-22-84(6)74-92(120)14)103-41-25-95(26-42-103)99-33-49-107(50-34-99)127(117-61-19-81(3)71-89(117)11)111-57-67-123-113(77-111)114-78-112(58-68-124(114)131-123)128(118-62-20-82(4)72-90(118)12)108-51-35-100(36-52-108)96-27-43-104(44-28-96)126(116-60-18-80(2)70-88(116)10)106-47-31-98(32-48-106)102-39-55-110(56-40-102)130(121-65-23-85(7)75-93(121)15)122-66-24-86(8)76-94(122)16/h17-78H,1-16H3. The zero-order valence-corrected chi connectivity index (χ0v) is 78.7. The molecule has 0 aliphatic heterocycles. The molecule has 18 aromatic carbocycles. The molecule has 0 N–H and O–H groups in total. The Bertz CT molecular complexity index is 6940. The third kappa shape index (κ3) is 17.3. The number of hydrogen-bond donors (Lipinski definition) is 0. The van der Waals surface area contributed by atoms with Gasteiger partial charge in [-0.2, -0.15) is 0 Å². The van der Waals surface area contributed by atoms with Crippen molar-refractivity contribution in [1.29, 1.82) is 0 Å². The van der Waals surface area contributed by atoms with Gasteiger partial charge in [0.2, 0.25) is 0 Å². The predicted molar refractivity (Wildman–Crippen MR) is 565 cm³/mol. The van der Waals surface area contributed by atoms with E-state index in [1.165, 1.54) is 132 Å². The fourth-order valence-corrected chi connectivity index (χ4v) is 20.5. The van der Waals surface area contributed by atoms with Crippen molar-refractivity contribution in [1.82, 2.24) is 0 Å². The molecule has 19 rings (SSSR count). The summed E-state index contributed by atoms with van der Waals surface area (Å²) >= 11 is 1.85. The molecule has 0 saturated carbocycles. The molecule has 0 amide bonds. The molecule has 0 radical (unpaired) electrons. The van der Waals surface area contributed by atoms with Crippen LogP contribution in [0.5, 0.6) is 0 Å². The number of rotatable bonds is 22. The molecule has 0 bridgehead atoms. The van der Waals surface area contributed by atoms with E-state index in [4.69, 9.17) is 0 Å². The van der Waals surface area contributed by atoms with Gasteiger partial charge in [-0.3, -0.25) is 0 Å². The molecule has 6 nitrogen and oxygen atoms in total. The van der Waals surface area contributed by atoms with Gasteiger partial charge in [0.15, 0.2) is 0 Å². The Morgan fingerprint density at radius 3 is 0.427 bits per heavy atom. The highest BCUT2D eigenvalue weighted by molar-refractivity contribution is 7.25. The van der Waals surface area contributed by atoms with Crippen LogP contribution in [-0.4, -0.2) is 0 Å². The summed E-state index contributed by atoms with van der Waals surface area (Å²) in [6, 6.07) is 141.